The highest BCUT2D eigenvalue weighted by Crippen LogP contribution is 2.17. The van der Waals surface area contributed by atoms with Crippen molar-refractivity contribution in [2.75, 3.05) is 19.6 Å². The third kappa shape index (κ3) is 5.64. The minimum Gasteiger partial charge on any atom is -0.460 e. The third-order valence-electron chi connectivity index (χ3n) is 3.72. The van der Waals surface area contributed by atoms with E-state index >= 15 is 0 Å². The zero-order valence-corrected chi connectivity index (χ0v) is 13.4. The summed E-state index contributed by atoms with van der Waals surface area (Å²) >= 11 is 0. The van der Waals surface area contributed by atoms with Crippen LogP contribution in [0.2, 0.25) is 0 Å². The number of hydrogen-bond acceptors (Lipinski definition) is 6. The minimum atomic E-state index is -0.567. The number of amides is 2. The van der Waals surface area contributed by atoms with Gasteiger partial charge in [-0.2, -0.15) is 0 Å². The van der Waals surface area contributed by atoms with Crippen LogP contribution in [-0.4, -0.2) is 48.4 Å². The van der Waals surface area contributed by atoms with Gasteiger partial charge < -0.3 is 10.5 Å². The Labute approximate surface area is 140 Å². The number of nitrogens with zero attached hydrogens (tertiary/aromatic N) is 1. The Morgan fingerprint density at radius 2 is 2.00 bits per heavy atom. The van der Waals surface area contributed by atoms with Crippen LogP contribution in [0.5, 0.6) is 0 Å². The minimum absolute atomic E-state index is 0.0563. The average Bonchev–Trinajstić information content (AvgIpc) is 3.01. The molecule has 1 aromatic rings. The fraction of sp³-hybridized carbons (Fsp3) is 0.438. The summed E-state index contributed by atoms with van der Waals surface area (Å²) in [5.41, 5.74) is 10.8. The van der Waals surface area contributed by atoms with Crippen LogP contribution in [0, 0.1) is 0 Å². The molecule has 0 radical (unpaired) electrons. The van der Waals surface area contributed by atoms with Crippen molar-refractivity contribution in [3.05, 3.63) is 35.9 Å². The number of esters is 1. The molecule has 130 valence electrons. The van der Waals surface area contributed by atoms with E-state index < -0.39 is 11.9 Å². The second-order valence-electron chi connectivity index (χ2n) is 5.58. The van der Waals surface area contributed by atoms with Crippen LogP contribution in [0.3, 0.4) is 0 Å². The third-order valence-corrected chi connectivity index (χ3v) is 3.72. The first kappa shape index (κ1) is 17.9. The lowest BCUT2D eigenvalue weighted by molar-refractivity contribution is -0.147. The molecule has 1 heterocycles. The van der Waals surface area contributed by atoms with E-state index in [1.54, 1.807) is 4.90 Å². The Morgan fingerprint density at radius 1 is 1.25 bits per heavy atom. The molecule has 1 aromatic carbocycles. The fourth-order valence-electron chi connectivity index (χ4n) is 2.56. The highest BCUT2D eigenvalue weighted by Gasteiger charge is 2.32. The molecular weight excluding hydrogens is 312 g/mol. The van der Waals surface area contributed by atoms with E-state index in [4.69, 9.17) is 10.5 Å². The number of nitrogens with two attached hydrogens (primary N) is 1. The molecule has 0 saturated carbocycles. The van der Waals surface area contributed by atoms with Gasteiger partial charge in [0.1, 0.15) is 6.61 Å². The quantitative estimate of drug-likeness (QED) is 0.428. The Hall–Kier alpha value is -2.45. The molecule has 0 spiro atoms. The van der Waals surface area contributed by atoms with Crippen molar-refractivity contribution in [3.8, 4) is 0 Å². The molecule has 1 saturated heterocycles. The Balaban J connectivity index is 1.76. The predicted molar refractivity (Wildman–Crippen MR) is 86.2 cm³/mol. The number of benzene rings is 1. The van der Waals surface area contributed by atoms with Gasteiger partial charge in [0.15, 0.2) is 0 Å². The molecule has 24 heavy (non-hydrogen) atoms. The summed E-state index contributed by atoms with van der Waals surface area (Å²) in [6.45, 7) is 0.775. The lowest BCUT2D eigenvalue weighted by Gasteiger charge is -2.22. The zero-order valence-electron chi connectivity index (χ0n) is 13.4. The average molecular weight is 334 g/mol. The zero-order chi connectivity index (χ0) is 17.4. The number of carbonyl (C=O) groups excluding carboxylic acids is 3. The number of carbonyl (C=O) groups is 3. The molecule has 1 aliphatic heterocycles. The molecule has 8 nitrogen and oxygen atoms in total. The van der Waals surface area contributed by atoms with Gasteiger partial charge in [0.25, 0.3) is 5.91 Å². The SMILES string of the molecule is NC(=O)CNNC(=O)[C@@H]1CCCN1CC(=O)OCc1ccccc1. The molecule has 0 aromatic heterocycles. The first-order valence-electron chi connectivity index (χ1n) is 7.81. The Morgan fingerprint density at radius 3 is 2.71 bits per heavy atom. The van der Waals surface area contributed by atoms with Crippen LogP contribution in [0.25, 0.3) is 0 Å². The number of hydrogen-bond donors (Lipinski definition) is 3. The molecule has 0 unspecified atom stereocenters. The number of likely N-dealkylation sites (tertiary alicyclic amines) is 1. The van der Waals surface area contributed by atoms with Crippen molar-refractivity contribution in [3.63, 3.8) is 0 Å². The van der Waals surface area contributed by atoms with Gasteiger partial charge in [0, 0.05) is 0 Å². The van der Waals surface area contributed by atoms with Crippen LogP contribution in [0.1, 0.15) is 18.4 Å². The van der Waals surface area contributed by atoms with E-state index in [0.717, 1.165) is 12.0 Å². The second-order valence-corrected chi connectivity index (χ2v) is 5.58. The number of rotatable bonds is 8. The maximum atomic E-state index is 12.1. The van der Waals surface area contributed by atoms with Crippen molar-refractivity contribution >= 4 is 17.8 Å². The second kappa shape index (κ2) is 8.99. The van der Waals surface area contributed by atoms with Crippen molar-refractivity contribution in [1.29, 1.82) is 0 Å². The van der Waals surface area contributed by atoms with Gasteiger partial charge in [-0.25, -0.2) is 5.43 Å². The molecule has 4 N–H and O–H groups in total. The van der Waals surface area contributed by atoms with Crippen LogP contribution in [0.4, 0.5) is 0 Å². The van der Waals surface area contributed by atoms with E-state index in [2.05, 4.69) is 10.9 Å². The lowest BCUT2D eigenvalue weighted by atomic mass is 10.2. The monoisotopic (exact) mass is 334 g/mol. The smallest absolute Gasteiger partial charge is 0.320 e. The predicted octanol–water partition coefficient (Wildman–Crippen LogP) is -0.700. The van der Waals surface area contributed by atoms with Crippen molar-refractivity contribution < 1.29 is 19.1 Å². The van der Waals surface area contributed by atoms with E-state index in [9.17, 15) is 14.4 Å². The normalized spacial score (nSPS) is 17.4. The molecule has 2 rings (SSSR count). The summed E-state index contributed by atoms with van der Waals surface area (Å²) in [6.07, 6.45) is 1.47. The van der Waals surface area contributed by atoms with Gasteiger partial charge in [-0.05, 0) is 24.9 Å². The fourth-order valence-corrected chi connectivity index (χ4v) is 2.56. The summed E-state index contributed by atoms with van der Waals surface area (Å²) < 4.78 is 5.24. The van der Waals surface area contributed by atoms with Crippen LogP contribution < -0.4 is 16.6 Å². The standard InChI is InChI=1S/C16H22N4O4/c17-14(21)9-18-19-16(23)13-7-4-8-20(13)10-15(22)24-11-12-5-2-1-3-6-12/h1-3,5-6,13,18H,4,7-11H2,(H2,17,21)(H,19,23)/t13-/m0/s1. The van der Waals surface area contributed by atoms with Gasteiger partial charge in [0.2, 0.25) is 5.91 Å². The lowest BCUT2D eigenvalue weighted by Crippen LogP contribution is -2.51. The van der Waals surface area contributed by atoms with Crippen LogP contribution >= 0.6 is 0 Å². The van der Waals surface area contributed by atoms with Crippen LogP contribution in [-0.2, 0) is 25.7 Å². The first-order valence-corrected chi connectivity index (χ1v) is 7.81. The van der Waals surface area contributed by atoms with Gasteiger partial charge in [-0.15, -0.1) is 0 Å². The van der Waals surface area contributed by atoms with Gasteiger partial charge in [0.05, 0.1) is 19.1 Å². The van der Waals surface area contributed by atoms with Crippen molar-refractivity contribution in [1.82, 2.24) is 15.8 Å². The van der Waals surface area contributed by atoms with E-state index in [-0.39, 0.29) is 31.6 Å². The molecule has 0 aliphatic carbocycles. The highest BCUT2D eigenvalue weighted by atomic mass is 16.5. The van der Waals surface area contributed by atoms with Crippen molar-refractivity contribution in [2.24, 2.45) is 5.73 Å². The van der Waals surface area contributed by atoms with E-state index in [1.807, 2.05) is 30.3 Å². The molecule has 0 bridgehead atoms. The van der Waals surface area contributed by atoms with Gasteiger partial charge in [-0.1, -0.05) is 30.3 Å². The Kier molecular flexibility index (Phi) is 6.71. The largest absolute Gasteiger partial charge is 0.460 e. The molecule has 8 heteroatoms. The summed E-state index contributed by atoms with van der Waals surface area (Å²) in [6, 6.07) is 8.99. The molecule has 2 amide bonds. The van der Waals surface area contributed by atoms with Gasteiger partial charge >= 0.3 is 5.97 Å². The highest BCUT2D eigenvalue weighted by molar-refractivity contribution is 5.83. The molecule has 1 atom stereocenters. The molecule has 1 aliphatic rings. The maximum absolute atomic E-state index is 12.1. The summed E-state index contributed by atoms with van der Waals surface area (Å²) in [5.74, 6) is -1.23. The van der Waals surface area contributed by atoms with Crippen LogP contribution in [0.15, 0.2) is 30.3 Å². The topological polar surface area (TPSA) is 114 Å². The summed E-state index contributed by atoms with van der Waals surface area (Å²) in [5, 5.41) is 0. The summed E-state index contributed by atoms with van der Waals surface area (Å²) in [7, 11) is 0. The molecular formula is C16H22N4O4. The first-order chi connectivity index (χ1) is 11.6. The number of ether oxygens (including phenoxy) is 1. The number of primary amides is 1. The Bertz CT molecular complexity index is 579. The number of hydrazine groups is 1. The van der Waals surface area contributed by atoms with Crippen molar-refractivity contribution in [2.45, 2.75) is 25.5 Å². The number of nitrogens with one attached hydrogen (secondary N) is 2. The molecule has 1 fully saturated rings. The van der Waals surface area contributed by atoms with E-state index in [1.165, 1.54) is 0 Å². The van der Waals surface area contributed by atoms with Gasteiger partial charge in [-0.3, -0.25) is 24.7 Å². The summed E-state index contributed by atoms with van der Waals surface area (Å²) in [4.78, 5) is 36.5. The maximum Gasteiger partial charge on any atom is 0.320 e. The van der Waals surface area contributed by atoms with E-state index in [0.29, 0.717) is 13.0 Å².